The first-order chi connectivity index (χ1) is 13.1. The van der Waals surface area contributed by atoms with E-state index in [0.29, 0.717) is 23.0 Å². The van der Waals surface area contributed by atoms with E-state index in [4.69, 9.17) is 4.74 Å². The van der Waals surface area contributed by atoms with Crippen LogP contribution in [0.3, 0.4) is 0 Å². The smallest absolute Gasteiger partial charge is 0.259 e. The van der Waals surface area contributed by atoms with Gasteiger partial charge in [0.15, 0.2) is 0 Å². The van der Waals surface area contributed by atoms with E-state index < -0.39 is 0 Å². The molecule has 0 spiro atoms. The number of aromatic nitrogens is 3. The fourth-order valence-electron chi connectivity index (χ4n) is 2.53. The molecule has 0 saturated heterocycles. The van der Waals surface area contributed by atoms with Crippen LogP contribution in [0.4, 0.5) is 5.82 Å². The zero-order chi connectivity index (χ0) is 18.8. The van der Waals surface area contributed by atoms with Crippen molar-refractivity contribution in [3.05, 3.63) is 60.3 Å². The van der Waals surface area contributed by atoms with Crippen LogP contribution in [0.25, 0.3) is 11.1 Å². The molecule has 1 fully saturated rings. The minimum Gasteiger partial charge on any atom is -0.508 e. The Balaban J connectivity index is 1.49. The highest BCUT2D eigenvalue weighted by atomic mass is 16.5. The number of phenols is 1. The molecule has 0 aliphatic heterocycles. The van der Waals surface area contributed by atoms with Crippen LogP contribution >= 0.6 is 0 Å². The lowest BCUT2D eigenvalue weighted by molar-refractivity contribution is 0.102. The number of ether oxygens (including phenoxy) is 1. The van der Waals surface area contributed by atoms with E-state index in [-0.39, 0.29) is 17.8 Å². The molecule has 4 rings (SSSR count). The Kier molecular flexibility index (Phi) is 4.42. The van der Waals surface area contributed by atoms with E-state index >= 15 is 0 Å². The van der Waals surface area contributed by atoms with Crippen molar-refractivity contribution in [1.82, 2.24) is 15.0 Å². The monoisotopic (exact) mass is 362 g/mol. The van der Waals surface area contributed by atoms with Gasteiger partial charge in [0, 0.05) is 30.2 Å². The number of carbonyl (C=O) groups excluding carboxylic acids is 1. The summed E-state index contributed by atoms with van der Waals surface area (Å²) in [5, 5.41) is 12.6. The number of nitrogens with one attached hydrogen (secondary N) is 1. The van der Waals surface area contributed by atoms with Gasteiger partial charge in [0.05, 0.1) is 11.7 Å². The normalized spacial score (nSPS) is 13.2. The fourth-order valence-corrected chi connectivity index (χ4v) is 2.53. The van der Waals surface area contributed by atoms with E-state index in [9.17, 15) is 9.90 Å². The highest BCUT2D eigenvalue weighted by Crippen LogP contribution is 2.33. The van der Waals surface area contributed by atoms with Crippen LogP contribution in [0.2, 0.25) is 0 Å². The molecule has 0 radical (unpaired) electrons. The number of phenolic OH excluding ortho intramolecular Hbond substituents is 1. The maximum absolute atomic E-state index is 12.2. The summed E-state index contributed by atoms with van der Waals surface area (Å²) in [4.78, 5) is 24.5. The van der Waals surface area contributed by atoms with Gasteiger partial charge in [-0.1, -0.05) is 0 Å². The van der Waals surface area contributed by atoms with Crippen LogP contribution in [0.15, 0.2) is 48.9 Å². The minimum absolute atomic E-state index is 0.139. The van der Waals surface area contributed by atoms with Gasteiger partial charge in [0.1, 0.15) is 23.1 Å². The third-order valence-electron chi connectivity index (χ3n) is 4.10. The van der Waals surface area contributed by atoms with Crippen molar-refractivity contribution in [2.45, 2.75) is 25.9 Å². The average molecular weight is 362 g/mol. The topological polar surface area (TPSA) is 97.2 Å². The zero-order valence-corrected chi connectivity index (χ0v) is 14.7. The number of amides is 1. The quantitative estimate of drug-likeness (QED) is 0.722. The highest BCUT2D eigenvalue weighted by molar-refractivity contribution is 6.03. The lowest BCUT2D eigenvalue weighted by atomic mass is 10.1. The number of aryl methyl sites for hydroxylation is 1. The summed E-state index contributed by atoms with van der Waals surface area (Å²) in [5.41, 5.74) is 1.97. The molecule has 2 N–H and O–H groups in total. The molecule has 0 unspecified atom stereocenters. The van der Waals surface area contributed by atoms with Crippen molar-refractivity contribution in [3.63, 3.8) is 0 Å². The molecule has 1 aromatic carbocycles. The zero-order valence-electron chi connectivity index (χ0n) is 14.7. The molecule has 2 aromatic heterocycles. The number of hydrogen-bond acceptors (Lipinski definition) is 6. The van der Waals surface area contributed by atoms with Gasteiger partial charge in [-0.2, -0.15) is 0 Å². The van der Waals surface area contributed by atoms with Gasteiger partial charge in [0.2, 0.25) is 0 Å². The predicted octanol–water partition coefficient (Wildman–Crippen LogP) is 3.35. The van der Waals surface area contributed by atoms with Crippen LogP contribution in [0.5, 0.6) is 11.5 Å². The SMILES string of the molecule is Cc1ncc(C(=O)Nc2ccc(-c3cc(O)cc(OC4CC4)c3)cn2)cn1. The van der Waals surface area contributed by atoms with Crippen molar-refractivity contribution in [2.75, 3.05) is 5.32 Å². The minimum atomic E-state index is -0.326. The molecule has 1 aliphatic carbocycles. The molecular formula is C20H18N4O3. The standard InChI is InChI=1S/C20H18N4O3/c1-12-21-10-15(11-22-12)20(26)24-19-5-2-13(9-23-19)14-6-16(25)8-18(7-14)27-17-3-4-17/h2,5-11,17,25H,3-4H2,1H3,(H,23,24,26). The summed E-state index contributed by atoms with van der Waals surface area (Å²) in [6.07, 6.45) is 6.93. The van der Waals surface area contributed by atoms with Crippen molar-refractivity contribution in [1.29, 1.82) is 0 Å². The molecule has 0 bridgehead atoms. The van der Waals surface area contributed by atoms with Crippen molar-refractivity contribution >= 4 is 11.7 Å². The fraction of sp³-hybridized carbons (Fsp3) is 0.200. The van der Waals surface area contributed by atoms with Gasteiger partial charge in [-0.25, -0.2) is 15.0 Å². The van der Waals surface area contributed by atoms with E-state index in [1.165, 1.54) is 12.4 Å². The van der Waals surface area contributed by atoms with Crippen molar-refractivity contribution in [2.24, 2.45) is 0 Å². The Morgan fingerprint density at radius 2 is 1.85 bits per heavy atom. The number of nitrogens with zero attached hydrogens (tertiary/aromatic N) is 3. The Bertz CT molecular complexity index is 968. The highest BCUT2D eigenvalue weighted by Gasteiger charge is 2.23. The second-order valence-electron chi connectivity index (χ2n) is 6.44. The number of benzene rings is 1. The number of aromatic hydroxyl groups is 1. The predicted molar refractivity (Wildman–Crippen MR) is 99.7 cm³/mol. The molecule has 3 aromatic rings. The van der Waals surface area contributed by atoms with Gasteiger partial charge in [-0.15, -0.1) is 0 Å². The summed E-state index contributed by atoms with van der Waals surface area (Å²) in [6, 6.07) is 8.65. The molecule has 0 atom stereocenters. The summed E-state index contributed by atoms with van der Waals surface area (Å²) >= 11 is 0. The third-order valence-corrected chi connectivity index (χ3v) is 4.10. The Morgan fingerprint density at radius 1 is 1.07 bits per heavy atom. The Hall–Kier alpha value is -3.48. The maximum atomic E-state index is 12.2. The number of pyridine rings is 1. The largest absolute Gasteiger partial charge is 0.508 e. The van der Waals surface area contributed by atoms with Crippen LogP contribution in [0.1, 0.15) is 29.0 Å². The Labute approximate surface area is 156 Å². The van der Waals surface area contributed by atoms with Crippen LogP contribution < -0.4 is 10.1 Å². The number of anilines is 1. The first-order valence-electron chi connectivity index (χ1n) is 8.64. The van der Waals surface area contributed by atoms with E-state index in [2.05, 4.69) is 20.3 Å². The average Bonchev–Trinajstić information content (AvgIpc) is 3.46. The molecule has 2 heterocycles. The van der Waals surface area contributed by atoms with E-state index in [0.717, 1.165) is 24.0 Å². The van der Waals surface area contributed by atoms with Crippen molar-refractivity contribution < 1.29 is 14.6 Å². The van der Waals surface area contributed by atoms with Crippen molar-refractivity contribution in [3.8, 4) is 22.6 Å². The first-order valence-corrected chi connectivity index (χ1v) is 8.64. The lowest BCUT2D eigenvalue weighted by Gasteiger charge is -2.09. The van der Waals surface area contributed by atoms with E-state index in [1.807, 2.05) is 12.1 Å². The van der Waals surface area contributed by atoms with Crippen LogP contribution in [-0.2, 0) is 0 Å². The van der Waals surface area contributed by atoms with Gasteiger partial charge in [0.25, 0.3) is 5.91 Å². The first kappa shape index (κ1) is 17.0. The summed E-state index contributed by atoms with van der Waals surface area (Å²) in [7, 11) is 0. The second-order valence-corrected chi connectivity index (χ2v) is 6.44. The molecule has 136 valence electrons. The molecule has 7 nitrogen and oxygen atoms in total. The lowest BCUT2D eigenvalue weighted by Crippen LogP contribution is -2.13. The van der Waals surface area contributed by atoms with E-state index in [1.54, 1.807) is 31.3 Å². The van der Waals surface area contributed by atoms with Gasteiger partial charge >= 0.3 is 0 Å². The number of hydrogen-bond donors (Lipinski definition) is 2. The summed E-state index contributed by atoms with van der Waals surface area (Å²) in [5.74, 6) is 1.47. The molecule has 27 heavy (non-hydrogen) atoms. The van der Waals surface area contributed by atoms with Crippen LogP contribution in [0, 0.1) is 6.92 Å². The maximum Gasteiger partial charge on any atom is 0.259 e. The second kappa shape index (κ2) is 7.03. The molecule has 1 aliphatic rings. The third kappa shape index (κ3) is 4.20. The number of rotatable bonds is 5. The molecule has 7 heteroatoms. The van der Waals surface area contributed by atoms with Gasteiger partial charge in [-0.3, -0.25) is 4.79 Å². The summed E-state index contributed by atoms with van der Waals surface area (Å²) < 4.78 is 5.75. The number of carbonyl (C=O) groups is 1. The molecule has 1 saturated carbocycles. The van der Waals surface area contributed by atoms with Gasteiger partial charge < -0.3 is 15.2 Å². The molecular weight excluding hydrogens is 344 g/mol. The van der Waals surface area contributed by atoms with Gasteiger partial charge in [-0.05, 0) is 49.6 Å². The Morgan fingerprint density at radius 3 is 2.52 bits per heavy atom. The summed E-state index contributed by atoms with van der Waals surface area (Å²) in [6.45, 7) is 1.75. The molecule has 1 amide bonds. The van der Waals surface area contributed by atoms with Crippen LogP contribution in [-0.4, -0.2) is 32.1 Å².